The predicted molar refractivity (Wildman–Crippen MR) is 65.3 cm³/mol. The molecule has 0 bridgehead atoms. The van der Waals surface area contributed by atoms with E-state index in [-0.39, 0.29) is 12.0 Å². The highest BCUT2D eigenvalue weighted by Gasteiger charge is 2.28. The molecule has 1 unspecified atom stereocenters. The summed E-state index contributed by atoms with van der Waals surface area (Å²) in [7, 11) is 2.07. The molecule has 94 valence electrons. The van der Waals surface area contributed by atoms with Crippen LogP contribution in [0.15, 0.2) is 0 Å². The van der Waals surface area contributed by atoms with E-state index < -0.39 is 0 Å². The maximum Gasteiger partial charge on any atom is 0.323 e. The van der Waals surface area contributed by atoms with E-state index in [0.29, 0.717) is 12.6 Å². The van der Waals surface area contributed by atoms with E-state index in [0.717, 1.165) is 6.42 Å². The molecule has 0 aromatic carbocycles. The standard InChI is InChI=1S/C13H25NO2/c1-4-12(13(15)16-5-2)14(3)11-9-7-6-8-10-11/h11-12H,4-10H2,1-3H3. The second-order valence-corrected chi connectivity index (χ2v) is 4.63. The average Bonchev–Trinajstić information content (AvgIpc) is 2.31. The largest absolute Gasteiger partial charge is 0.465 e. The quantitative estimate of drug-likeness (QED) is 0.676. The molecule has 0 aromatic rings. The number of carbonyl (C=O) groups excluding carboxylic acids is 1. The zero-order chi connectivity index (χ0) is 12.0. The molecule has 1 fully saturated rings. The van der Waals surface area contributed by atoms with Crippen molar-refractivity contribution >= 4 is 5.97 Å². The van der Waals surface area contributed by atoms with Gasteiger partial charge >= 0.3 is 5.97 Å². The van der Waals surface area contributed by atoms with Crippen LogP contribution in [0.1, 0.15) is 52.4 Å². The molecule has 0 radical (unpaired) electrons. The molecule has 0 N–H and O–H groups in total. The van der Waals surface area contributed by atoms with Gasteiger partial charge < -0.3 is 4.74 Å². The minimum absolute atomic E-state index is 0.0527. The van der Waals surface area contributed by atoms with Crippen LogP contribution in [0, 0.1) is 0 Å². The summed E-state index contributed by atoms with van der Waals surface area (Å²) in [4.78, 5) is 14.0. The number of ether oxygens (including phenoxy) is 1. The van der Waals surface area contributed by atoms with Crippen LogP contribution in [-0.4, -0.2) is 36.6 Å². The zero-order valence-electron chi connectivity index (χ0n) is 10.9. The van der Waals surface area contributed by atoms with Crippen LogP contribution < -0.4 is 0 Å². The van der Waals surface area contributed by atoms with Gasteiger partial charge in [-0.25, -0.2) is 0 Å². The molecule has 3 nitrogen and oxygen atoms in total. The Morgan fingerprint density at radius 1 is 1.31 bits per heavy atom. The van der Waals surface area contributed by atoms with Crippen molar-refractivity contribution in [2.45, 2.75) is 64.5 Å². The van der Waals surface area contributed by atoms with Gasteiger partial charge in [-0.1, -0.05) is 26.2 Å². The van der Waals surface area contributed by atoms with E-state index in [9.17, 15) is 4.79 Å². The summed E-state index contributed by atoms with van der Waals surface area (Å²) < 4.78 is 5.13. The molecule has 0 spiro atoms. The lowest BCUT2D eigenvalue weighted by Gasteiger charge is -2.35. The monoisotopic (exact) mass is 227 g/mol. The molecule has 1 saturated carbocycles. The SMILES string of the molecule is CCOC(=O)C(CC)N(C)C1CCCCC1. The van der Waals surface area contributed by atoms with E-state index in [1.807, 2.05) is 6.92 Å². The van der Waals surface area contributed by atoms with Gasteiger partial charge in [0.15, 0.2) is 0 Å². The van der Waals surface area contributed by atoms with Gasteiger partial charge in [0.2, 0.25) is 0 Å². The summed E-state index contributed by atoms with van der Waals surface area (Å²) in [5.74, 6) is -0.0573. The Kier molecular flexibility index (Phi) is 5.81. The first-order valence-electron chi connectivity index (χ1n) is 6.59. The smallest absolute Gasteiger partial charge is 0.323 e. The number of rotatable bonds is 5. The fraction of sp³-hybridized carbons (Fsp3) is 0.923. The normalized spacial score (nSPS) is 19.8. The molecule has 16 heavy (non-hydrogen) atoms. The summed E-state index contributed by atoms with van der Waals surface area (Å²) in [6.07, 6.45) is 7.24. The van der Waals surface area contributed by atoms with Gasteiger partial charge in [-0.05, 0) is 33.2 Å². The third-order valence-corrected chi connectivity index (χ3v) is 3.59. The molecule has 1 aliphatic rings. The Morgan fingerprint density at radius 3 is 2.44 bits per heavy atom. The second kappa shape index (κ2) is 6.89. The Labute approximate surface area is 99.1 Å². The minimum Gasteiger partial charge on any atom is -0.465 e. The fourth-order valence-electron chi connectivity index (χ4n) is 2.60. The van der Waals surface area contributed by atoms with Crippen molar-refractivity contribution in [2.24, 2.45) is 0 Å². The summed E-state index contributed by atoms with van der Waals surface area (Å²) in [6, 6.07) is 0.520. The summed E-state index contributed by atoms with van der Waals surface area (Å²) in [5, 5.41) is 0. The molecule has 3 heteroatoms. The first kappa shape index (κ1) is 13.5. The van der Waals surface area contributed by atoms with Crippen molar-refractivity contribution in [3.05, 3.63) is 0 Å². The van der Waals surface area contributed by atoms with Gasteiger partial charge in [-0.3, -0.25) is 9.69 Å². The zero-order valence-corrected chi connectivity index (χ0v) is 10.9. The molecule has 0 aliphatic heterocycles. The lowest BCUT2D eigenvalue weighted by Crippen LogP contribution is -2.46. The van der Waals surface area contributed by atoms with Gasteiger partial charge in [0.05, 0.1) is 6.61 Å². The molecule has 0 heterocycles. The molecule has 1 rings (SSSR count). The molecule has 1 atom stereocenters. The van der Waals surface area contributed by atoms with Crippen LogP contribution in [0.4, 0.5) is 0 Å². The molecule has 0 saturated heterocycles. The molecule has 0 amide bonds. The van der Waals surface area contributed by atoms with Crippen molar-refractivity contribution in [2.75, 3.05) is 13.7 Å². The molecular formula is C13H25NO2. The van der Waals surface area contributed by atoms with Crippen molar-refractivity contribution in [1.82, 2.24) is 4.90 Å². The van der Waals surface area contributed by atoms with Crippen molar-refractivity contribution < 1.29 is 9.53 Å². The second-order valence-electron chi connectivity index (χ2n) is 4.63. The van der Waals surface area contributed by atoms with Crippen LogP contribution in [-0.2, 0) is 9.53 Å². The van der Waals surface area contributed by atoms with Crippen LogP contribution in [0.3, 0.4) is 0 Å². The highest BCUT2D eigenvalue weighted by Crippen LogP contribution is 2.24. The van der Waals surface area contributed by atoms with Crippen LogP contribution in [0.25, 0.3) is 0 Å². The fourth-order valence-corrected chi connectivity index (χ4v) is 2.60. The highest BCUT2D eigenvalue weighted by atomic mass is 16.5. The Hall–Kier alpha value is -0.570. The summed E-state index contributed by atoms with van der Waals surface area (Å²) >= 11 is 0. The number of hydrogen-bond donors (Lipinski definition) is 0. The topological polar surface area (TPSA) is 29.5 Å². The average molecular weight is 227 g/mol. The van der Waals surface area contributed by atoms with Gasteiger partial charge in [0, 0.05) is 6.04 Å². The predicted octanol–water partition coefficient (Wildman–Crippen LogP) is 2.59. The van der Waals surface area contributed by atoms with Crippen molar-refractivity contribution in [1.29, 1.82) is 0 Å². The van der Waals surface area contributed by atoms with Gasteiger partial charge in [-0.15, -0.1) is 0 Å². The number of hydrogen-bond acceptors (Lipinski definition) is 3. The third kappa shape index (κ3) is 3.48. The Bertz CT molecular complexity index is 212. The van der Waals surface area contributed by atoms with Crippen molar-refractivity contribution in [3.8, 4) is 0 Å². The number of esters is 1. The van der Waals surface area contributed by atoms with Crippen LogP contribution in [0.2, 0.25) is 0 Å². The molecule has 1 aliphatic carbocycles. The summed E-state index contributed by atoms with van der Waals surface area (Å²) in [5.41, 5.74) is 0. The first-order chi connectivity index (χ1) is 7.70. The lowest BCUT2D eigenvalue weighted by atomic mass is 9.93. The van der Waals surface area contributed by atoms with Crippen molar-refractivity contribution in [3.63, 3.8) is 0 Å². The number of carbonyl (C=O) groups is 1. The highest BCUT2D eigenvalue weighted by molar-refractivity contribution is 5.75. The van der Waals surface area contributed by atoms with E-state index in [4.69, 9.17) is 4.74 Å². The number of nitrogens with zero attached hydrogens (tertiary/aromatic N) is 1. The van der Waals surface area contributed by atoms with Gasteiger partial charge in [0.1, 0.15) is 6.04 Å². The van der Waals surface area contributed by atoms with Crippen LogP contribution in [0.5, 0.6) is 0 Å². The third-order valence-electron chi connectivity index (χ3n) is 3.59. The minimum atomic E-state index is -0.0573. The van der Waals surface area contributed by atoms with Crippen LogP contribution >= 0.6 is 0 Å². The molecule has 0 aromatic heterocycles. The Balaban J connectivity index is 2.53. The van der Waals surface area contributed by atoms with E-state index in [1.165, 1.54) is 32.1 Å². The van der Waals surface area contributed by atoms with Gasteiger partial charge in [-0.2, -0.15) is 0 Å². The maximum atomic E-state index is 11.8. The first-order valence-corrected chi connectivity index (χ1v) is 6.59. The lowest BCUT2D eigenvalue weighted by molar-refractivity contribution is -0.150. The van der Waals surface area contributed by atoms with Gasteiger partial charge in [0.25, 0.3) is 0 Å². The van der Waals surface area contributed by atoms with E-state index in [2.05, 4.69) is 18.9 Å². The number of likely N-dealkylation sites (N-methyl/N-ethyl adjacent to an activating group) is 1. The maximum absolute atomic E-state index is 11.8. The van der Waals surface area contributed by atoms with E-state index >= 15 is 0 Å². The molecular weight excluding hydrogens is 202 g/mol. The Morgan fingerprint density at radius 2 is 1.94 bits per heavy atom. The summed E-state index contributed by atoms with van der Waals surface area (Å²) in [6.45, 7) is 4.40. The van der Waals surface area contributed by atoms with E-state index in [1.54, 1.807) is 0 Å².